The van der Waals surface area contributed by atoms with Crippen molar-refractivity contribution in [2.75, 3.05) is 24.7 Å². The van der Waals surface area contributed by atoms with E-state index >= 15 is 0 Å². The van der Waals surface area contributed by atoms with Crippen LogP contribution in [0.4, 0.5) is 34.1 Å². The minimum Gasteiger partial charge on any atom is -0.504 e. The number of aromatic hydroxyl groups is 3. The summed E-state index contributed by atoms with van der Waals surface area (Å²) in [6.45, 7) is -1.85. The minimum atomic E-state index is -5.53. The zero-order valence-corrected chi connectivity index (χ0v) is 39.4. The molecule has 0 unspecified atom stereocenters. The zero-order chi connectivity index (χ0) is 52.1. The first-order valence-corrected chi connectivity index (χ1v) is 27.9. The topological polar surface area (TPSA) is 532 Å². The summed E-state index contributed by atoms with van der Waals surface area (Å²) in [6.07, 6.45) is 0. The second-order valence-electron chi connectivity index (χ2n) is 12.4. The van der Waals surface area contributed by atoms with Gasteiger partial charge in [0.15, 0.2) is 66.3 Å². The van der Waals surface area contributed by atoms with Crippen molar-refractivity contribution in [2.24, 2.45) is 30.7 Å². The molecule has 0 saturated carbocycles. The third-order valence-electron chi connectivity index (χ3n) is 7.89. The molecular formula is C28H26N6O27S8. The quantitative estimate of drug-likeness (QED) is 0.0136. The lowest BCUT2D eigenvalue weighted by Gasteiger charge is -2.11. The van der Waals surface area contributed by atoms with Gasteiger partial charge >= 0.3 is 10.4 Å². The summed E-state index contributed by atoms with van der Waals surface area (Å²) >= 11 is -0.00452. The van der Waals surface area contributed by atoms with Crippen LogP contribution in [0, 0.1) is 0 Å². The summed E-state index contributed by atoms with van der Waals surface area (Å²) in [5, 5.41) is 65.4. The van der Waals surface area contributed by atoms with Gasteiger partial charge in [0.25, 0.3) is 40.5 Å². The number of phenols is 3. The van der Waals surface area contributed by atoms with E-state index in [1.54, 1.807) is 0 Å². The first kappa shape index (κ1) is 56.3. The third-order valence-corrected chi connectivity index (χ3v) is 15.6. The highest BCUT2D eigenvalue weighted by Crippen LogP contribution is 2.57. The molecule has 0 aliphatic rings. The Labute approximate surface area is 391 Å². The normalized spacial score (nSPS) is 13.5. The average molecular weight is 1140 g/mol. The van der Waals surface area contributed by atoms with Crippen molar-refractivity contribution < 1.29 is 120 Å². The van der Waals surface area contributed by atoms with Crippen LogP contribution in [-0.4, -0.2) is 127 Å². The van der Waals surface area contributed by atoms with Crippen molar-refractivity contribution in [2.45, 2.75) is 29.4 Å². The van der Waals surface area contributed by atoms with Crippen LogP contribution in [0.15, 0.2) is 115 Å². The van der Waals surface area contributed by atoms with Crippen molar-refractivity contribution in [3.05, 3.63) is 54.6 Å². The van der Waals surface area contributed by atoms with E-state index in [0.29, 0.717) is 48.5 Å². The summed E-state index contributed by atoms with van der Waals surface area (Å²) in [5.74, 6) is -6.88. The van der Waals surface area contributed by atoms with E-state index in [4.69, 9.17) is 9.81 Å². The van der Waals surface area contributed by atoms with Crippen molar-refractivity contribution >= 4 is 117 Å². The van der Waals surface area contributed by atoms with Crippen LogP contribution in [-0.2, 0) is 88.3 Å². The Bertz CT molecular complexity index is 3590. The Kier molecular flexibility index (Phi) is 17.4. The molecule has 378 valence electrons. The van der Waals surface area contributed by atoms with Gasteiger partial charge < -0.3 is 15.3 Å². The molecule has 69 heavy (non-hydrogen) atoms. The number of azo groups is 3. The maximum Gasteiger partial charge on any atom is 0.397 e. The fourth-order valence-corrected chi connectivity index (χ4v) is 10.4. The Balaban J connectivity index is 1.99. The highest BCUT2D eigenvalue weighted by Gasteiger charge is 2.29. The van der Waals surface area contributed by atoms with E-state index in [9.17, 15) is 92.5 Å². The standard InChI is InChI=1S/C28H26N6O27S8/c35-26-23(32-29-17-4-1-14(12-21(17)67(49,50)51)63(39,40)9-7-58-62-61-60-38)27(36)25(34-31-19-11-16(65(43,44)45)3-6-20(19)66(46,47)48)28(37)24(26)33-30-18-5-2-15(13-22(18)68(52,53)54)64(41,42)10-8-59-69(55,56)57/h1-6,11-13,35-38H,7-10H2,(H,43,44,45)(H,46,47,48)(H,49,50,51)(H,52,53,54)(H,55,56,57)/b32-29+,33-30+,34-31+. The van der Waals surface area contributed by atoms with Crippen LogP contribution in [0.3, 0.4) is 0 Å². The highest BCUT2D eigenvalue weighted by atomic mass is 32.3. The maximum atomic E-state index is 12.8. The number of rotatable bonds is 22. The molecule has 9 N–H and O–H groups in total. The molecule has 0 heterocycles. The monoisotopic (exact) mass is 1130 g/mol. The zero-order valence-electron chi connectivity index (χ0n) is 32.8. The molecule has 4 aromatic carbocycles. The van der Waals surface area contributed by atoms with E-state index in [-0.39, 0.29) is 18.4 Å². The molecule has 4 rings (SSSR count). The number of hydrogen-bond donors (Lipinski definition) is 9. The lowest BCUT2D eigenvalue weighted by molar-refractivity contribution is -0.434. The smallest absolute Gasteiger partial charge is 0.397 e. The van der Waals surface area contributed by atoms with Gasteiger partial charge in [0.2, 0.25) is 0 Å². The molecule has 0 bridgehead atoms. The number of hydrogen-bond acceptors (Lipinski definition) is 29. The van der Waals surface area contributed by atoms with Crippen LogP contribution >= 0.6 is 12.3 Å². The molecule has 0 aliphatic heterocycles. The second-order valence-corrected chi connectivity index (χ2v) is 23.8. The SMILES string of the molecule is O=S(=O)(O)OCCS(=O)(=O)c1ccc(/N=N/c2c(O)c(/N=N/c3cc(S(=O)(=O)O)ccc3S(=O)(=O)O)c(O)c(/N=N/c3ccc(S(=O)(=O)CCOSOOO)cc3S(=O)(=O)O)c2O)c(S(=O)(=O)O)c1. The molecule has 0 saturated heterocycles. The molecule has 0 atom stereocenters. The summed E-state index contributed by atoms with van der Waals surface area (Å²) in [4.78, 5) is -6.76. The van der Waals surface area contributed by atoms with Gasteiger partial charge in [-0.25, -0.2) is 26.3 Å². The first-order valence-electron chi connectivity index (χ1n) is 16.8. The van der Waals surface area contributed by atoms with Crippen LogP contribution < -0.4 is 0 Å². The predicted octanol–water partition coefficient (Wildman–Crippen LogP) is 3.40. The van der Waals surface area contributed by atoms with Gasteiger partial charge in [0, 0.05) is 0 Å². The number of nitrogens with zero attached hydrogens (tertiary/aromatic N) is 6. The summed E-state index contributed by atoms with van der Waals surface area (Å²) in [5.41, 5.74) is -7.37. The number of sulfone groups is 2. The van der Waals surface area contributed by atoms with E-state index in [0.717, 1.165) is 0 Å². The van der Waals surface area contributed by atoms with Crippen LogP contribution in [0.25, 0.3) is 0 Å². The Morgan fingerprint density at radius 2 is 0.841 bits per heavy atom. The highest BCUT2D eigenvalue weighted by molar-refractivity contribution is 7.92. The number of phenolic OH excluding ortho intramolecular Hbond substituents is 3. The molecule has 33 nitrogen and oxygen atoms in total. The molecule has 4 aromatic rings. The second kappa shape index (κ2) is 21.4. The van der Waals surface area contributed by atoms with E-state index < -0.39 is 176 Å². The molecule has 0 radical (unpaired) electrons. The lowest BCUT2D eigenvalue weighted by atomic mass is 10.2. The molecule has 0 fully saturated rings. The maximum absolute atomic E-state index is 12.8. The van der Waals surface area contributed by atoms with Gasteiger partial charge in [0.05, 0.1) is 39.4 Å². The van der Waals surface area contributed by atoms with Crippen LogP contribution in [0.1, 0.15) is 0 Å². The van der Waals surface area contributed by atoms with Gasteiger partial charge in [-0.1, -0.05) is 5.04 Å². The van der Waals surface area contributed by atoms with Gasteiger partial charge in [-0.05, 0) is 54.6 Å². The molecule has 0 aliphatic carbocycles. The predicted molar refractivity (Wildman–Crippen MR) is 222 cm³/mol. The van der Waals surface area contributed by atoms with Crippen molar-refractivity contribution in [1.82, 2.24) is 0 Å². The molecule has 0 amide bonds. The van der Waals surface area contributed by atoms with Crippen molar-refractivity contribution in [3.8, 4) is 17.2 Å². The van der Waals surface area contributed by atoms with Gasteiger partial charge in [0.1, 0.15) is 31.7 Å². The summed E-state index contributed by atoms with van der Waals surface area (Å²) in [6, 6.07) is 4.25. The molecular weight excluding hydrogens is 1110 g/mol. The van der Waals surface area contributed by atoms with Crippen LogP contribution in [0.5, 0.6) is 17.2 Å². The number of benzene rings is 4. The fourth-order valence-electron chi connectivity index (χ4n) is 4.87. The average Bonchev–Trinajstić information content (AvgIpc) is 3.21. The summed E-state index contributed by atoms with van der Waals surface area (Å²) in [7, 11) is -35.8. The Morgan fingerprint density at radius 3 is 1.22 bits per heavy atom. The van der Waals surface area contributed by atoms with Crippen molar-refractivity contribution in [3.63, 3.8) is 0 Å². The molecule has 41 heteroatoms. The van der Waals surface area contributed by atoms with Gasteiger partial charge in [-0.2, -0.15) is 42.1 Å². The van der Waals surface area contributed by atoms with Gasteiger partial charge in [-0.3, -0.25) is 26.9 Å². The van der Waals surface area contributed by atoms with E-state index in [2.05, 4.69) is 48.4 Å². The van der Waals surface area contributed by atoms with Crippen LogP contribution in [0.2, 0.25) is 0 Å². The lowest BCUT2D eigenvalue weighted by Crippen LogP contribution is -2.16. The van der Waals surface area contributed by atoms with E-state index in [1.165, 1.54) is 0 Å². The minimum absolute atomic E-state index is 0.00452. The van der Waals surface area contributed by atoms with Gasteiger partial charge in [-0.15, -0.1) is 35.0 Å². The molecule has 0 aromatic heterocycles. The Hall–Kier alpha value is -5.32. The fraction of sp³-hybridized carbons (Fsp3) is 0.143. The third kappa shape index (κ3) is 14.8. The van der Waals surface area contributed by atoms with Crippen molar-refractivity contribution in [1.29, 1.82) is 0 Å². The largest absolute Gasteiger partial charge is 0.504 e. The first-order chi connectivity index (χ1) is 31.6. The molecule has 0 spiro atoms. The summed E-state index contributed by atoms with van der Waals surface area (Å²) < 4.78 is 230. The van der Waals surface area contributed by atoms with E-state index in [1.807, 2.05) is 0 Å². The Morgan fingerprint density at radius 1 is 0.449 bits per heavy atom.